The van der Waals surface area contributed by atoms with Crippen LogP contribution in [-0.4, -0.2) is 48.6 Å². The lowest BCUT2D eigenvalue weighted by Gasteiger charge is -2.33. The second-order valence-electron chi connectivity index (χ2n) is 7.56. The Labute approximate surface area is 165 Å². The monoisotopic (exact) mass is 387 g/mol. The van der Waals surface area contributed by atoms with Gasteiger partial charge in [-0.05, 0) is 50.8 Å². The highest BCUT2D eigenvalue weighted by Gasteiger charge is 2.29. The van der Waals surface area contributed by atoms with Crippen LogP contribution in [-0.2, 0) is 4.79 Å². The van der Waals surface area contributed by atoms with Gasteiger partial charge in [0.15, 0.2) is 5.13 Å². The van der Waals surface area contributed by atoms with Gasteiger partial charge in [0.25, 0.3) is 0 Å². The first-order valence-electron chi connectivity index (χ1n) is 10.3. The molecule has 0 atom stereocenters. The number of likely N-dealkylation sites (tertiary alicyclic amines) is 1. The third-order valence-corrected chi connectivity index (χ3v) is 6.77. The Bertz CT molecular complexity index is 775. The SMILES string of the molecule is CCOc1ccc2nc(N3CCC(C(=O)N4CCCCCC4)CC3)sc2c1. The average molecular weight is 388 g/mol. The molecule has 0 spiro atoms. The average Bonchev–Trinajstić information content (AvgIpc) is 2.93. The number of carbonyl (C=O) groups excluding carboxylic acids is 1. The fraction of sp³-hybridized carbons (Fsp3) is 0.619. The zero-order chi connectivity index (χ0) is 18.6. The highest BCUT2D eigenvalue weighted by Crippen LogP contribution is 2.34. The Morgan fingerprint density at radius 3 is 2.59 bits per heavy atom. The van der Waals surface area contributed by atoms with Crippen LogP contribution in [0.25, 0.3) is 10.2 Å². The van der Waals surface area contributed by atoms with Gasteiger partial charge in [-0.15, -0.1) is 0 Å². The minimum atomic E-state index is 0.193. The second kappa shape index (κ2) is 8.46. The normalized spacial score (nSPS) is 19.3. The van der Waals surface area contributed by atoms with E-state index in [1.54, 1.807) is 11.3 Å². The molecule has 6 heteroatoms. The Hall–Kier alpha value is -1.82. The van der Waals surface area contributed by atoms with Crippen LogP contribution in [0, 0.1) is 5.92 Å². The minimum absolute atomic E-state index is 0.193. The van der Waals surface area contributed by atoms with Gasteiger partial charge in [-0.2, -0.15) is 0 Å². The third-order valence-electron chi connectivity index (χ3n) is 5.69. The summed E-state index contributed by atoms with van der Waals surface area (Å²) in [5, 5.41) is 1.07. The highest BCUT2D eigenvalue weighted by atomic mass is 32.1. The van der Waals surface area contributed by atoms with Gasteiger partial charge in [-0.1, -0.05) is 24.2 Å². The molecular weight excluding hydrogens is 358 g/mol. The van der Waals surface area contributed by atoms with E-state index in [0.29, 0.717) is 12.5 Å². The van der Waals surface area contributed by atoms with Gasteiger partial charge in [0.05, 0.1) is 16.8 Å². The quantitative estimate of drug-likeness (QED) is 0.784. The van der Waals surface area contributed by atoms with E-state index in [-0.39, 0.29) is 5.92 Å². The second-order valence-corrected chi connectivity index (χ2v) is 8.57. The lowest BCUT2D eigenvalue weighted by atomic mass is 9.95. The van der Waals surface area contributed by atoms with E-state index in [1.807, 2.05) is 19.1 Å². The summed E-state index contributed by atoms with van der Waals surface area (Å²) in [6.45, 7) is 6.43. The molecule has 5 nitrogen and oxygen atoms in total. The zero-order valence-corrected chi connectivity index (χ0v) is 17.0. The fourth-order valence-electron chi connectivity index (χ4n) is 4.15. The Morgan fingerprint density at radius 2 is 1.89 bits per heavy atom. The summed E-state index contributed by atoms with van der Waals surface area (Å²) in [4.78, 5) is 22.1. The predicted octanol–water partition coefficient (Wildman–Crippen LogP) is 4.31. The number of amides is 1. The molecule has 2 fully saturated rings. The number of hydrogen-bond donors (Lipinski definition) is 0. The summed E-state index contributed by atoms with van der Waals surface area (Å²) in [5.74, 6) is 1.49. The molecule has 0 aliphatic carbocycles. The third kappa shape index (κ3) is 4.21. The van der Waals surface area contributed by atoms with E-state index in [4.69, 9.17) is 9.72 Å². The van der Waals surface area contributed by atoms with Gasteiger partial charge < -0.3 is 14.5 Å². The van der Waals surface area contributed by atoms with Crippen molar-refractivity contribution < 1.29 is 9.53 Å². The van der Waals surface area contributed by atoms with Crippen molar-refractivity contribution in [2.24, 2.45) is 5.92 Å². The van der Waals surface area contributed by atoms with E-state index in [2.05, 4.69) is 15.9 Å². The van der Waals surface area contributed by atoms with E-state index in [0.717, 1.165) is 55.4 Å². The highest BCUT2D eigenvalue weighted by molar-refractivity contribution is 7.22. The number of ether oxygens (including phenoxy) is 1. The molecule has 3 heterocycles. The van der Waals surface area contributed by atoms with Gasteiger partial charge in [0.2, 0.25) is 5.91 Å². The topological polar surface area (TPSA) is 45.7 Å². The Balaban J connectivity index is 1.38. The summed E-state index contributed by atoms with van der Waals surface area (Å²) < 4.78 is 6.76. The summed E-state index contributed by atoms with van der Waals surface area (Å²) in [6.07, 6.45) is 6.75. The van der Waals surface area contributed by atoms with Gasteiger partial charge in [0.1, 0.15) is 5.75 Å². The summed E-state index contributed by atoms with van der Waals surface area (Å²) in [6, 6.07) is 6.10. The number of benzene rings is 1. The number of carbonyl (C=O) groups is 1. The number of anilines is 1. The van der Waals surface area contributed by atoms with E-state index >= 15 is 0 Å². The molecule has 1 aromatic heterocycles. The number of rotatable bonds is 4. The van der Waals surface area contributed by atoms with E-state index in [9.17, 15) is 4.79 Å². The molecular formula is C21H29N3O2S. The number of hydrogen-bond acceptors (Lipinski definition) is 5. The van der Waals surface area contributed by atoms with Crippen molar-refractivity contribution in [1.29, 1.82) is 0 Å². The molecule has 2 aliphatic heterocycles. The van der Waals surface area contributed by atoms with Crippen LogP contribution >= 0.6 is 11.3 Å². The van der Waals surface area contributed by atoms with Crippen LogP contribution in [0.15, 0.2) is 18.2 Å². The standard InChI is InChI=1S/C21H29N3O2S/c1-2-26-17-7-8-18-19(15-17)27-21(22-18)24-13-9-16(10-14-24)20(25)23-11-5-3-4-6-12-23/h7-8,15-16H,2-6,9-14H2,1H3. The molecule has 0 radical (unpaired) electrons. The fourth-order valence-corrected chi connectivity index (χ4v) is 5.20. The van der Waals surface area contributed by atoms with E-state index < -0.39 is 0 Å². The summed E-state index contributed by atoms with van der Waals surface area (Å²) in [5.41, 5.74) is 1.03. The lowest BCUT2D eigenvalue weighted by Crippen LogP contribution is -2.43. The number of nitrogens with zero attached hydrogens (tertiary/aromatic N) is 3. The molecule has 0 saturated carbocycles. The summed E-state index contributed by atoms with van der Waals surface area (Å²) in [7, 11) is 0. The molecule has 1 aromatic carbocycles. The largest absolute Gasteiger partial charge is 0.494 e. The number of aromatic nitrogens is 1. The van der Waals surface area contributed by atoms with Crippen molar-refractivity contribution in [3.05, 3.63) is 18.2 Å². The van der Waals surface area contributed by atoms with Gasteiger partial charge in [-0.3, -0.25) is 4.79 Å². The molecule has 0 N–H and O–H groups in total. The van der Waals surface area contributed by atoms with Gasteiger partial charge in [0, 0.05) is 32.1 Å². The lowest BCUT2D eigenvalue weighted by molar-refractivity contribution is -0.136. The first-order valence-corrected chi connectivity index (χ1v) is 11.1. The van der Waals surface area contributed by atoms with Crippen molar-refractivity contribution in [2.75, 3.05) is 37.7 Å². The molecule has 2 aliphatic rings. The number of thiazole rings is 1. The molecule has 2 aromatic rings. The first kappa shape index (κ1) is 18.5. The maximum atomic E-state index is 12.9. The van der Waals surface area contributed by atoms with E-state index in [1.165, 1.54) is 30.4 Å². The molecule has 0 unspecified atom stereocenters. The Morgan fingerprint density at radius 1 is 1.15 bits per heavy atom. The van der Waals surface area contributed by atoms with Crippen LogP contribution in [0.1, 0.15) is 45.4 Å². The van der Waals surface area contributed by atoms with Crippen LogP contribution in [0.4, 0.5) is 5.13 Å². The van der Waals surface area contributed by atoms with Crippen molar-refractivity contribution in [3.63, 3.8) is 0 Å². The van der Waals surface area contributed by atoms with Crippen LogP contribution in [0.3, 0.4) is 0 Å². The molecule has 1 amide bonds. The maximum absolute atomic E-state index is 12.9. The van der Waals surface area contributed by atoms with Crippen molar-refractivity contribution in [1.82, 2.24) is 9.88 Å². The maximum Gasteiger partial charge on any atom is 0.225 e. The van der Waals surface area contributed by atoms with Gasteiger partial charge in [-0.25, -0.2) is 4.98 Å². The number of fused-ring (bicyclic) bond motifs is 1. The molecule has 27 heavy (non-hydrogen) atoms. The number of piperidine rings is 1. The van der Waals surface area contributed by atoms with Gasteiger partial charge >= 0.3 is 0 Å². The minimum Gasteiger partial charge on any atom is -0.494 e. The van der Waals surface area contributed by atoms with Crippen molar-refractivity contribution >= 4 is 32.6 Å². The zero-order valence-electron chi connectivity index (χ0n) is 16.2. The van der Waals surface area contributed by atoms with Crippen molar-refractivity contribution in [3.8, 4) is 5.75 Å². The first-order chi connectivity index (χ1) is 13.2. The Kier molecular flexibility index (Phi) is 5.81. The molecule has 4 rings (SSSR count). The molecule has 2 saturated heterocycles. The van der Waals surface area contributed by atoms with Crippen LogP contribution in [0.5, 0.6) is 5.75 Å². The molecule has 146 valence electrons. The molecule has 0 bridgehead atoms. The predicted molar refractivity (Wildman–Crippen MR) is 111 cm³/mol. The van der Waals surface area contributed by atoms with Crippen LogP contribution < -0.4 is 9.64 Å². The van der Waals surface area contributed by atoms with Crippen LogP contribution in [0.2, 0.25) is 0 Å². The smallest absolute Gasteiger partial charge is 0.225 e. The summed E-state index contributed by atoms with van der Waals surface area (Å²) >= 11 is 1.72. The van der Waals surface area contributed by atoms with Crippen molar-refractivity contribution in [2.45, 2.75) is 45.4 Å².